The van der Waals surface area contributed by atoms with Gasteiger partial charge in [0.15, 0.2) is 0 Å². The summed E-state index contributed by atoms with van der Waals surface area (Å²) in [4.78, 5) is 25.6. The van der Waals surface area contributed by atoms with Crippen molar-refractivity contribution < 1.29 is 14.7 Å². The Morgan fingerprint density at radius 1 is 1.35 bits per heavy atom. The molecule has 0 spiro atoms. The van der Waals surface area contributed by atoms with Gasteiger partial charge in [0.1, 0.15) is 0 Å². The third kappa shape index (κ3) is 2.54. The zero-order valence-corrected chi connectivity index (χ0v) is 11.4. The third-order valence-corrected chi connectivity index (χ3v) is 3.97. The molecular weight excluding hydrogens is 256 g/mol. The number of nitrogens with one attached hydrogen (secondary N) is 1. The van der Waals surface area contributed by atoms with Gasteiger partial charge in [0, 0.05) is 30.3 Å². The van der Waals surface area contributed by atoms with E-state index < -0.39 is 6.10 Å². The smallest absolute Gasteiger partial charge is 0.254 e. The molecule has 1 aromatic rings. The van der Waals surface area contributed by atoms with Gasteiger partial charge in [-0.2, -0.15) is 0 Å². The zero-order valence-electron chi connectivity index (χ0n) is 11.4. The fourth-order valence-corrected chi connectivity index (χ4v) is 2.46. The average Bonchev–Trinajstić information content (AvgIpc) is 3.12. The van der Waals surface area contributed by atoms with Gasteiger partial charge in [0.25, 0.3) is 5.91 Å². The fraction of sp³-hybridized carbons (Fsp3) is 0.467. The van der Waals surface area contributed by atoms with Crippen LogP contribution in [0.3, 0.4) is 0 Å². The number of benzene rings is 1. The number of hydrogen-bond donors (Lipinski definition) is 2. The summed E-state index contributed by atoms with van der Waals surface area (Å²) in [7, 11) is 0. The lowest BCUT2D eigenvalue weighted by atomic mass is 10.1. The van der Waals surface area contributed by atoms with Gasteiger partial charge in [-0.1, -0.05) is 13.0 Å². The second-order valence-corrected chi connectivity index (χ2v) is 5.75. The van der Waals surface area contributed by atoms with Gasteiger partial charge in [-0.25, -0.2) is 0 Å². The number of likely N-dealkylation sites (tertiary alicyclic amines) is 1. The Morgan fingerprint density at radius 3 is 2.65 bits per heavy atom. The van der Waals surface area contributed by atoms with E-state index in [4.69, 9.17) is 0 Å². The standard InChI is InChI=1S/C15H18N2O3/c1-9-5-13(9)14(19)16-11-4-2-3-10(6-11)15(20)17-7-12(18)8-17/h2-4,6,9,12-13,18H,5,7-8H2,1H3,(H,16,19). The van der Waals surface area contributed by atoms with Crippen LogP contribution in [0.4, 0.5) is 5.69 Å². The van der Waals surface area contributed by atoms with E-state index in [9.17, 15) is 14.7 Å². The molecule has 1 heterocycles. The lowest BCUT2D eigenvalue weighted by Gasteiger charge is -2.35. The van der Waals surface area contributed by atoms with Crippen LogP contribution < -0.4 is 5.32 Å². The number of carbonyl (C=O) groups excluding carboxylic acids is 2. The van der Waals surface area contributed by atoms with Gasteiger partial charge in [0.05, 0.1) is 6.10 Å². The first-order valence-corrected chi connectivity index (χ1v) is 6.93. The number of aliphatic hydroxyl groups is 1. The maximum atomic E-state index is 12.1. The van der Waals surface area contributed by atoms with Gasteiger partial charge in [-0.3, -0.25) is 9.59 Å². The average molecular weight is 274 g/mol. The van der Waals surface area contributed by atoms with E-state index >= 15 is 0 Å². The molecule has 1 saturated carbocycles. The van der Waals surface area contributed by atoms with Crippen molar-refractivity contribution in [1.82, 2.24) is 4.90 Å². The topological polar surface area (TPSA) is 69.6 Å². The number of carbonyl (C=O) groups is 2. The van der Waals surface area contributed by atoms with Gasteiger partial charge in [-0.05, 0) is 30.5 Å². The minimum Gasteiger partial charge on any atom is -0.389 e. The molecule has 2 amide bonds. The first kappa shape index (κ1) is 13.1. The molecule has 0 radical (unpaired) electrons. The molecule has 1 saturated heterocycles. The summed E-state index contributed by atoms with van der Waals surface area (Å²) in [6.07, 6.45) is 0.536. The number of β-amino-alcohol motifs (C(OH)–C–C–N with tert-alkyl or cyclic N) is 1. The molecule has 1 aromatic carbocycles. The van der Waals surface area contributed by atoms with Crippen LogP contribution in [-0.4, -0.2) is 41.0 Å². The van der Waals surface area contributed by atoms with Crippen LogP contribution in [0, 0.1) is 11.8 Å². The number of nitrogens with zero attached hydrogens (tertiary/aromatic N) is 1. The number of amides is 2. The molecule has 0 aromatic heterocycles. The molecule has 1 aliphatic heterocycles. The molecule has 2 N–H and O–H groups in total. The van der Waals surface area contributed by atoms with Crippen molar-refractivity contribution in [2.75, 3.05) is 18.4 Å². The van der Waals surface area contributed by atoms with Gasteiger partial charge in [-0.15, -0.1) is 0 Å². The molecule has 0 bridgehead atoms. The summed E-state index contributed by atoms with van der Waals surface area (Å²) in [5.74, 6) is 0.495. The fourth-order valence-electron chi connectivity index (χ4n) is 2.46. The van der Waals surface area contributed by atoms with E-state index in [1.807, 2.05) is 0 Å². The number of rotatable bonds is 3. The number of anilines is 1. The molecule has 2 fully saturated rings. The van der Waals surface area contributed by atoms with E-state index in [2.05, 4.69) is 12.2 Å². The molecule has 5 heteroatoms. The molecule has 2 atom stereocenters. The SMILES string of the molecule is CC1CC1C(=O)Nc1cccc(C(=O)N2CC(O)C2)c1. The highest BCUT2D eigenvalue weighted by molar-refractivity contribution is 5.98. The molecule has 106 valence electrons. The summed E-state index contributed by atoms with van der Waals surface area (Å²) in [5.41, 5.74) is 1.19. The van der Waals surface area contributed by atoms with Crippen molar-refractivity contribution in [3.8, 4) is 0 Å². The maximum absolute atomic E-state index is 12.1. The highest BCUT2D eigenvalue weighted by Gasteiger charge is 2.39. The molecule has 3 rings (SSSR count). The Labute approximate surface area is 117 Å². The van der Waals surface area contributed by atoms with Crippen molar-refractivity contribution in [3.05, 3.63) is 29.8 Å². The van der Waals surface area contributed by atoms with Crippen molar-refractivity contribution in [2.45, 2.75) is 19.4 Å². The van der Waals surface area contributed by atoms with E-state index in [1.54, 1.807) is 29.2 Å². The van der Waals surface area contributed by atoms with Gasteiger partial charge in [0.2, 0.25) is 5.91 Å². The molecule has 1 aliphatic carbocycles. The van der Waals surface area contributed by atoms with Crippen LogP contribution >= 0.6 is 0 Å². The first-order valence-electron chi connectivity index (χ1n) is 6.93. The molecular formula is C15H18N2O3. The van der Waals surface area contributed by atoms with Gasteiger partial charge >= 0.3 is 0 Å². The highest BCUT2D eigenvalue weighted by Crippen LogP contribution is 2.38. The normalized spacial score (nSPS) is 25.0. The Hall–Kier alpha value is -1.88. The summed E-state index contributed by atoms with van der Waals surface area (Å²) < 4.78 is 0. The van der Waals surface area contributed by atoms with Crippen LogP contribution in [0.5, 0.6) is 0 Å². The number of hydrogen-bond acceptors (Lipinski definition) is 3. The second-order valence-electron chi connectivity index (χ2n) is 5.75. The second kappa shape index (κ2) is 4.90. The minimum atomic E-state index is -0.404. The monoisotopic (exact) mass is 274 g/mol. The third-order valence-electron chi connectivity index (χ3n) is 3.97. The predicted octanol–water partition coefficient (Wildman–Crippen LogP) is 1.10. The highest BCUT2D eigenvalue weighted by atomic mass is 16.3. The predicted molar refractivity (Wildman–Crippen MR) is 74.3 cm³/mol. The summed E-state index contributed by atoms with van der Waals surface area (Å²) in [5, 5.41) is 12.1. The van der Waals surface area contributed by atoms with E-state index in [0.29, 0.717) is 30.3 Å². The quantitative estimate of drug-likeness (QED) is 0.867. The first-order chi connectivity index (χ1) is 9.54. The van der Waals surface area contributed by atoms with Gasteiger partial charge < -0.3 is 15.3 Å². The molecule has 5 nitrogen and oxygen atoms in total. The Kier molecular flexibility index (Phi) is 3.22. The van der Waals surface area contributed by atoms with Crippen LogP contribution in [0.1, 0.15) is 23.7 Å². The molecule has 20 heavy (non-hydrogen) atoms. The lowest BCUT2D eigenvalue weighted by molar-refractivity contribution is -0.117. The van der Waals surface area contributed by atoms with Crippen molar-refractivity contribution in [3.63, 3.8) is 0 Å². The molecule has 2 aliphatic rings. The van der Waals surface area contributed by atoms with Crippen molar-refractivity contribution >= 4 is 17.5 Å². The zero-order chi connectivity index (χ0) is 14.3. The van der Waals surface area contributed by atoms with Crippen LogP contribution in [-0.2, 0) is 4.79 Å². The van der Waals surface area contributed by atoms with Crippen LogP contribution in [0.15, 0.2) is 24.3 Å². The summed E-state index contributed by atoms with van der Waals surface area (Å²) >= 11 is 0. The van der Waals surface area contributed by atoms with E-state index in [0.717, 1.165) is 6.42 Å². The number of aliphatic hydroxyl groups excluding tert-OH is 1. The Balaban J connectivity index is 1.66. The Morgan fingerprint density at radius 2 is 2.05 bits per heavy atom. The van der Waals surface area contributed by atoms with Crippen LogP contribution in [0.2, 0.25) is 0 Å². The summed E-state index contributed by atoms with van der Waals surface area (Å²) in [6, 6.07) is 6.96. The van der Waals surface area contributed by atoms with Crippen molar-refractivity contribution in [2.24, 2.45) is 11.8 Å². The largest absolute Gasteiger partial charge is 0.389 e. The Bertz CT molecular complexity index is 552. The molecule has 2 unspecified atom stereocenters. The minimum absolute atomic E-state index is 0.0291. The van der Waals surface area contributed by atoms with Crippen molar-refractivity contribution in [1.29, 1.82) is 0 Å². The van der Waals surface area contributed by atoms with E-state index in [-0.39, 0.29) is 17.7 Å². The maximum Gasteiger partial charge on any atom is 0.254 e. The van der Waals surface area contributed by atoms with Crippen LogP contribution in [0.25, 0.3) is 0 Å². The lowest BCUT2D eigenvalue weighted by Crippen LogP contribution is -2.53. The summed E-state index contributed by atoms with van der Waals surface area (Å²) in [6.45, 7) is 2.82. The van der Waals surface area contributed by atoms with E-state index in [1.165, 1.54) is 0 Å².